The van der Waals surface area contributed by atoms with Crippen LogP contribution in [0.2, 0.25) is 0 Å². The lowest BCUT2D eigenvalue weighted by molar-refractivity contribution is -0.113. The van der Waals surface area contributed by atoms with Crippen molar-refractivity contribution < 1.29 is 21.6 Å². The first kappa shape index (κ1) is 21.2. The standard InChI is InChI=1S/C18H27N3O5S2/c1-13-5-7-14(8-6-13)20-27(23,24)12-18(22)19-16-3-2-4-17(11-16)28(25,26)21-15-9-10-15/h2-4,11,13-15,20-21H,5-10,12H2,1H3,(H,19,22). The van der Waals surface area contributed by atoms with Gasteiger partial charge < -0.3 is 5.32 Å². The number of sulfonamides is 2. The van der Waals surface area contributed by atoms with Crippen molar-refractivity contribution in [2.24, 2.45) is 5.92 Å². The molecule has 2 aliphatic rings. The topological polar surface area (TPSA) is 121 Å². The van der Waals surface area contributed by atoms with Gasteiger partial charge in [0.25, 0.3) is 0 Å². The van der Waals surface area contributed by atoms with E-state index in [-0.39, 0.29) is 22.7 Å². The summed E-state index contributed by atoms with van der Waals surface area (Å²) in [6.07, 6.45) is 5.12. The Morgan fingerprint density at radius 1 is 0.964 bits per heavy atom. The van der Waals surface area contributed by atoms with Crippen molar-refractivity contribution in [3.05, 3.63) is 24.3 Å². The summed E-state index contributed by atoms with van der Waals surface area (Å²) < 4.78 is 54.2. The summed E-state index contributed by atoms with van der Waals surface area (Å²) in [5, 5.41) is 2.47. The smallest absolute Gasteiger partial charge is 0.240 e. The van der Waals surface area contributed by atoms with Crippen LogP contribution in [0.4, 0.5) is 5.69 Å². The highest BCUT2D eigenvalue weighted by Gasteiger charge is 2.28. The van der Waals surface area contributed by atoms with Crippen LogP contribution in [0.15, 0.2) is 29.2 Å². The first-order valence-electron chi connectivity index (χ1n) is 9.55. The maximum Gasteiger partial charge on any atom is 0.240 e. The van der Waals surface area contributed by atoms with Crippen LogP contribution in [0.5, 0.6) is 0 Å². The van der Waals surface area contributed by atoms with E-state index >= 15 is 0 Å². The molecule has 8 nitrogen and oxygen atoms in total. The van der Waals surface area contributed by atoms with Gasteiger partial charge in [-0.2, -0.15) is 0 Å². The highest BCUT2D eigenvalue weighted by molar-refractivity contribution is 7.90. The average Bonchev–Trinajstić information content (AvgIpc) is 3.39. The number of hydrogen-bond acceptors (Lipinski definition) is 5. The fourth-order valence-corrected chi connectivity index (χ4v) is 5.87. The van der Waals surface area contributed by atoms with Crippen molar-refractivity contribution in [2.45, 2.75) is 62.4 Å². The summed E-state index contributed by atoms with van der Waals surface area (Å²) >= 11 is 0. The Morgan fingerprint density at radius 2 is 1.57 bits per heavy atom. The molecule has 0 aromatic heterocycles. The van der Waals surface area contributed by atoms with E-state index in [2.05, 4.69) is 21.7 Å². The minimum Gasteiger partial charge on any atom is -0.325 e. The molecule has 1 amide bonds. The van der Waals surface area contributed by atoms with Gasteiger partial charge in [-0.25, -0.2) is 26.3 Å². The molecule has 2 fully saturated rings. The van der Waals surface area contributed by atoms with E-state index in [0.29, 0.717) is 5.92 Å². The number of nitrogens with one attached hydrogen (secondary N) is 3. The maximum atomic E-state index is 12.3. The van der Waals surface area contributed by atoms with Gasteiger partial charge in [-0.3, -0.25) is 4.79 Å². The van der Waals surface area contributed by atoms with Crippen molar-refractivity contribution in [3.8, 4) is 0 Å². The van der Waals surface area contributed by atoms with Gasteiger partial charge in [0.05, 0.1) is 4.90 Å². The van der Waals surface area contributed by atoms with Crippen molar-refractivity contribution in [3.63, 3.8) is 0 Å². The lowest BCUT2D eigenvalue weighted by Gasteiger charge is -2.26. The van der Waals surface area contributed by atoms with E-state index in [0.717, 1.165) is 38.5 Å². The van der Waals surface area contributed by atoms with E-state index in [9.17, 15) is 21.6 Å². The molecule has 156 valence electrons. The number of hydrogen-bond donors (Lipinski definition) is 3. The highest BCUT2D eigenvalue weighted by atomic mass is 32.2. The fraction of sp³-hybridized carbons (Fsp3) is 0.611. The minimum absolute atomic E-state index is 0.0257. The lowest BCUT2D eigenvalue weighted by Crippen LogP contribution is -2.41. The van der Waals surface area contributed by atoms with E-state index in [4.69, 9.17) is 0 Å². The van der Waals surface area contributed by atoms with Crippen LogP contribution in [0.3, 0.4) is 0 Å². The van der Waals surface area contributed by atoms with Gasteiger partial charge in [-0.1, -0.05) is 13.0 Å². The lowest BCUT2D eigenvalue weighted by atomic mass is 9.88. The molecule has 10 heteroatoms. The second-order valence-corrected chi connectivity index (χ2v) is 11.3. The molecule has 0 radical (unpaired) electrons. The molecule has 3 rings (SSSR count). The zero-order valence-electron chi connectivity index (χ0n) is 15.8. The Hall–Kier alpha value is -1.49. The molecule has 0 bridgehead atoms. The Bertz CT molecular complexity index is 918. The number of carbonyl (C=O) groups excluding carboxylic acids is 1. The Morgan fingerprint density at radius 3 is 2.21 bits per heavy atom. The van der Waals surface area contributed by atoms with Crippen LogP contribution in [0.1, 0.15) is 45.4 Å². The average molecular weight is 430 g/mol. The molecule has 0 saturated heterocycles. The fourth-order valence-electron chi connectivity index (χ4n) is 3.27. The van der Waals surface area contributed by atoms with Gasteiger partial charge in [-0.05, 0) is 62.6 Å². The zero-order valence-corrected chi connectivity index (χ0v) is 17.5. The van der Waals surface area contributed by atoms with Crippen molar-refractivity contribution in [2.75, 3.05) is 11.1 Å². The summed E-state index contributed by atoms with van der Waals surface area (Å²) in [6, 6.07) is 5.63. The number of carbonyl (C=O) groups is 1. The third-order valence-corrected chi connectivity index (χ3v) is 7.86. The van der Waals surface area contributed by atoms with Gasteiger partial charge in [0.2, 0.25) is 26.0 Å². The van der Waals surface area contributed by atoms with Crippen molar-refractivity contribution >= 4 is 31.6 Å². The SMILES string of the molecule is CC1CCC(NS(=O)(=O)CC(=O)Nc2cccc(S(=O)(=O)NC3CC3)c2)CC1. The molecule has 0 unspecified atom stereocenters. The summed E-state index contributed by atoms with van der Waals surface area (Å²) in [5.74, 6) is -0.806. The van der Waals surface area contributed by atoms with E-state index < -0.39 is 31.7 Å². The first-order valence-corrected chi connectivity index (χ1v) is 12.7. The Kier molecular flexibility index (Phi) is 6.43. The van der Waals surface area contributed by atoms with Crippen molar-refractivity contribution in [1.29, 1.82) is 0 Å². The van der Waals surface area contributed by atoms with E-state index in [1.54, 1.807) is 0 Å². The van der Waals surface area contributed by atoms with Gasteiger partial charge in [0.15, 0.2) is 0 Å². The summed E-state index contributed by atoms with van der Waals surface area (Å²) in [6.45, 7) is 2.15. The third-order valence-electron chi connectivity index (χ3n) is 5.01. The number of rotatable bonds is 8. The van der Waals surface area contributed by atoms with Crippen LogP contribution in [0, 0.1) is 5.92 Å². The van der Waals surface area contributed by atoms with Crippen molar-refractivity contribution in [1.82, 2.24) is 9.44 Å². The van der Waals surface area contributed by atoms with Crippen LogP contribution in [0.25, 0.3) is 0 Å². The van der Waals surface area contributed by atoms with E-state index in [1.807, 2.05) is 0 Å². The number of anilines is 1. The predicted octanol–water partition coefficient (Wildman–Crippen LogP) is 1.56. The molecule has 3 N–H and O–H groups in total. The molecule has 2 saturated carbocycles. The van der Waals surface area contributed by atoms with Gasteiger partial charge >= 0.3 is 0 Å². The molecule has 28 heavy (non-hydrogen) atoms. The largest absolute Gasteiger partial charge is 0.325 e. The molecular formula is C18H27N3O5S2. The molecular weight excluding hydrogens is 402 g/mol. The molecule has 0 aliphatic heterocycles. The Balaban J connectivity index is 1.57. The second kappa shape index (κ2) is 8.48. The van der Waals surface area contributed by atoms with Crippen LogP contribution in [-0.4, -0.2) is 40.6 Å². The van der Waals surface area contributed by atoms with Crippen LogP contribution in [-0.2, 0) is 24.8 Å². The van der Waals surface area contributed by atoms with Crippen LogP contribution >= 0.6 is 0 Å². The van der Waals surface area contributed by atoms with E-state index in [1.165, 1.54) is 24.3 Å². The zero-order chi connectivity index (χ0) is 20.4. The highest BCUT2D eigenvalue weighted by Crippen LogP contribution is 2.24. The third kappa shape index (κ3) is 6.26. The summed E-state index contributed by atoms with van der Waals surface area (Å²) in [5.41, 5.74) is 0.241. The van der Waals surface area contributed by atoms with Gasteiger partial charge in [-0.15, -0.1) is 0 Å². The quantitative estimate of drug-likeness (QED) is 0.579. The van der Waals surface area contributed by atoms with Gasteiger partial charge in [0, 0.05) is 17.8 Å². The number of benzene rings is 1. The molecule has 0 atom stereocenters. The Labute approximate surface area is 166 Å². The van der Waals surface area contributed by atoms with Crippen LogP contribution < -0.4 is 14.8 Å². The molecule has 1 aromatic rings. The maximum absolute atomic E-state index is 12.3. The first-order chi connectivity index (χ1) is 13.1. The monoisotopic (exact) mass is 429 g/mol. The molecule has 0 heterocycles. The molecule has 0 spiro atoms. The second-order valence-electron chi connectivity index (χ2n) is 7.81. The van der Waals surface area contributed by atoms with Gasteiger partial charge in [0.1, 0.15) is 5.75 Å². The minimum atomic E-state index is -3.76. The summed E-state index contributed by atoms with van der Waals surface area (Å²) in [4.78, 5) is 12.2. The summed E-state index contributed by atoms with van der Waals surface area (Å²) in [7, 11) is -7.40. The number of amides is 1. The normalized spacial score (nSPS) is 23.3. The molecule has 2 aliphatic carbocycles. The molecule has 1 aromatic carbocycles. The predicted molar refractivity (Wildman–Crippen MR) is 107 cm³/mol.